The molecule has 0 aliphatic rings. The lowest BCUT2D eigenvalue weighted by Crippen LogP contribution is -2.12. The third-order valence-corrected chi connectivity index (χ3v) is 28.8. The summed E-state index contributed by atoms with van der Waals surface area (Å²) in [5, 5.41) is 0. The fourth-order valence-corrected chi connectivity index (χ4v) is 23.1. The summed E-state index contributed by atoms with van der Waals surface area (Å²) in [4.78, 5) is 13.1. The number of benzene rings is 15. The number of halogens is 18. The topological polar surface area (TPSA) is 0 Å². The summed E-state index contributed by atoms with van der Waals surface area (Å²) in [6, 6.07) is 120. The van der Waals surface area contributed by atoms with Gasteiger partial charge in [0.2, 0.25) is 0 Å². The van der Waals surface area contributed by atoms with Crippen molar-refractivity contribution in [2.24, 2.45) is 0 Å². The zero-order chi connectivity index (χ0) is 87.1. The highest BCUT2D eigenvalue weighted by Gasteiger charge is 2.41. The molecule has 0 saturated carbocycles. The van der Waals surface area contributed by atoms with Gasteiger partial charge in [-0.3, -0.25) is 0 Å². The highest BCUT2D eigenvalue weighted by atomic mass is 32.2. The van der Waals surface area contributed by atoms with Crippen molar-refractivity contribution in [2.45, 2.75) is 130 Å². The maximum Gasteiger partial charge on any atom is 0.416 e. The minimum absolute atomic E-state index is 0.296. The van der Waals surface area contributed by atoms with Crippen molar-refractivity contribution in [3.8, 4) is 0 Å². The summed E-state index contributed by atoms with van der Waals surface area (Å²) >= 11 is 0. The molecule has 0 fully saturated rings. The van der Waals surface area contributed by atoms with Crippen molar-refractivity contribution >= 4 is 54.5 Å². The SMILES string of the molecule is Cc1ccc([S+](c2ccccc2)c2ccc(C(F)(F)F)cc2)cc1.FC(F)(F)Cc1cccc([S+](c2ccccc2)c2ccccc2)c1.FC(F)(F)Cc1cccc([S+](c2ccccc2)c2ccccc2)c1.FC(F)(F)c1cccc([S+](c2ccccc2)c2cccc(C(F)(F)F)c2)c1.FC(F)(F)c1cccc([S+](c2ccccc2)c2ccccc2)c1. The maximum atomic E-state index is 13.1. The van der Waals surface area contributed by atoms with E-state index in [1.54, 1.807) is 72.8 Å². The first kappa shape index (κ1) is 91.5. The first-order valence-corrected chi connectivity index (χ1v) is 43.5. The molecule has 622 valence electrons. The van der Waals surface area contributed by atoms with Crippen LogP contribution in [0.5, 0.6) is 0 Å². The minimum Gasteiger partial charge on any atom is -0.171 e. The number of hydrogen-bond donors (Lipinski definition) is 0. The lowest BCUT2D eigenvalue weighted by molar-refractivity contribution is -0.138. The van der Waals surface area contributed by atoms with E-state index in [-0.39, 0.29) is 0 Å². The normalized spacial score (nSPS) is 12.1. The van der Waals surface area contributed by atoms with Gasteiger partial charge in [0.05, 0.1) is 89.6 Å². The van der Waals surface area contributed by atoms with Gasteiger partial charge in [0.25, 0.3) is 0 Å². The second-order valence-electron chi connectivity index (χ2n) is 26.8. The predicted molar refractivity (Wildman–Crippen MR) is 452 cm³/mol. The Morgan fingerprint density at radius 3 is 0.549 bits per heavy atom. The molecule has 0 saturated heterocycles. The smallest absolute Gasteiger partial charge is 0.171 e. The Labute approximate surface area is 710 Å². The molecule has 0 aromatic heterocycles. The fraction of sp³-hybridized carbons (Fsp3) is 0.0909. The van der Waals surface area contributed by atoms with Gasteiger partial charge >= 0.3 is 37.1 Å². The third-order valence-electron chi connectivity index (χ3n) is 17.8. The summed E-state index contributed by atoms with van der Waals surface area (Å²) < 4.78 is 233. The number of hydrogen-bond acceptors (Lipinski definition) is 0. The van der Waals surface area contributed by atoms with Gasteiger partial charge in [-0.15, -0.1) is 0 Å². The van der Waals surface area contributed by atoms with Crippen molar-refractivity contribution in [3.63, 3.8) is 0 Å². The number of alkyl halides is 18. The Morgan fingerprint density at radius 2 is 0.336 bits per heavy atom. The molecule has 0 bridgehead atoms. The van der Waals surface area contributed by atoms with E-state index in [2.05, 4.69) is 0 Å². The van der Waals surface area contributed by atoms with Crippen LogP contribution in [0.25, 0.3) is 0 Å². The van der Waals surface area contributed by atoms with Crippen molar-refractivity contribution in [1.82, 2.24) is 0 Å². The van der Waals surface area contributed by atoms with Gasteiger partial charge in [-0.05, 0) is 212 Å². The second-order valence-corrected chi connectivity index (χ2v) is 37.0. The van der Waals surface area contributed by atoms with Crippen LogP contribution in [0, 0.1) is 6.92 Å². The van der Waals surface area contributed by atoms with E-state index >= 15 is 0 Å². The van der Waals surface area contributed by atoms with E-state index in [1.807, 2.05) is 256 Å². The van der Waals surface area contributed by atoms with Gasteiger partial charge in [0.1, 0.15) is 0 Å². The molecule has 1 unspecified atom stereocenters. The van der Waals surface area contributed by atoms with Crippen LogP contribution < -0.4 is 0 Å². The van der Waals surface area contributed by atoms with E-state index in [0.717, 1.165) is 102 Å². The fourth-order valence-electron chi connectivity index (χ4n) is 12.4. The van der Waals surface area contributed by atoms with Crippen molar-refractivity contribution < 1.29 is 79.0 Å². The van der Waals surface area contributed by atoms with Crippen LogP contribution in [0.2, 0.25) is 0 Å². The van der Waals surface area contributed by atoms with Crippen molar-refractivity contribution in [2.75, 3.05) is 0 Å². The Bertz CT molecular complexity index is 5370. The van der Waals surface area contributed by atoms with Gasteiger partial charge in [0, 0.05) is 18.2 Å². The largest absolute Gasteiger partial charge is 0.416 e. The molecule has 0 aliphatic carbocycles. The molecule has 15 aromatic rings. The van der Waals surface area contributed by atoms with Crippen molar-refractivity contribution in [1.29, 1.82) is 0 Å². The first-order chi connectivity index (χ1) is 58.2. The summed E-state index contributed by atoms with van der Waals surface area (Å²) in [7, 11) is -2.93. The standard InChI is InChI=1S/C20H13F6S.3C20H16F3S.C19H14F3S/c21-19(22,23)14-6-4-10-17(12-14)27(16-8-2-1-3-9-16)18-11-5-7-15(13-18)20(24,25)26;1-15-7-11-18(12-8-15)24(17-5-3-2-4-6-17)19-13-9-16(10-14-19)20(21,22)23;2*21-20(22,23)15-16-8-7-13-19(14-16)24(17-9-3-1-4-10-17)18-11-5-2-6-12-18;20-19(21,22)15-8-7-13-18(14-15)23(16-9-3-1-4-10-16)17-11-5-2-6-12-17/h1-13H;2-14H,1H3;2*1-14H,15H2;1-14H/q5*+1. The molecular formula is C99H75F18S5+5. The van der Waals surface area contributed by atoms with Gasteiger partial charge < -0.3 is 0 Å². The van der Waals surface area contributed by atoms with Crippen LogP contribution in [0.1, 0.15) is 38.9 Å². The quantitative estimate of drug-likeness (QED) is 0.0630. The number of rotatable bonds is 17. The van der Waals surface area contributed by atoms with Crippen LogP contribution in [-0.4, -0.2) is 12.4 Å². The Balaban J connectivity index is 0.000000149. The van der Waals surface area contributed by atoms with Crippen molar-refractivity contribution in [3.05, 3.63) is 451 Å². The Morgan fingerprint density at radius 1 is 0.164 bits per heavy atom. The molecule has 0 radical (unpaired) electrons. The van der Waals surface area contributed by atoms with E-state index in [4.69, 9.17) is 0 Å². The highest BCUT2D eigenvalue weighted by Crippen LogP contribution is 2.42. The molecule has 15 aromatic carbocycles. The second kappa shape index (κ2) is 42.0. The van der Waals surface area contributed by atoms with Gasteiger partial charge in [0.15, 0.2) is 73.4 Å². The molecule has 0 nitrogen and oxygen atoms in total. The van der Waals surface area contributed by atoms with Gasteiger partial charge in [-0.2, -0.15) is 79.0 Å². The lowest BCUT2D eigenvalue weighted by Gasteiger charge is -2.12. The molecule has 15 rings (SSSR count). The lowest BCUT2D eigenvalue weighted by atomic mass is 10.1. The van der Waals surface area contributed by atoms with E-state index in [1.165, 1.54) is 48.5 Å². The predicted octanol–water partition coefficient (Wildman–Crippen LogP) is 30.5. The molecule has 0 aliphatic heterocycles. The summed E-state index contributed by atoms with van der Waals surface area (Å²) in [5.74, 6) is 0. The van der Waals surface area contributed by atoms with Crippen LogP contribution in [-0.2, 0) is 92.0 Å². The molecule has 0 N–H and O–H groups in total. The molecule has 1 atom stereocenters. The zero-order valence-electron chi connectivity index (χ0n) is 64.5. The molecule has 23 heteroatoms. The van der Waals surface area contributed by atoms with E-state index in [9.17, 15) is 79.0 Å². The average Bonchev–Trinajstić information content (AvgIpc) is 0.790. The number of aryl methyl sites for hydroxylation is 1. The molecule has 0 heterocycles. The Hall–Kier alpha value is -11.2. The minimum atomic E-state index is -4.53. The monoisotopic (exact) mass is 1770 g/mol. The molecular weight excluding hydrogens is 1690 g/mol. The van der Waals surface area contributed by atoms with E-state index < -0.39 is 127 Å². The van der Waals surface area contributed by atoms with Gasteiger partial charge in [-0.1, -0.05) is 206 Å². The first-order valence-electron chi connectivity index (χ1n) is 37.4. The molecule has 0 amide bonds. The third kappa shape index (κ3) is 26.9. The average molecular weight is 1770 g/mol. The highest BCUT2D eigenvalue weighted by molar-refractivity contribution is 7.98. The van der Waals surface area contributed by atoms with Crippen LogP contribution in [0.4, 0.5) is 79.0 Å². The van der Waals surface area contributed by atoms with Crippen LogP contribution in [0.3, 0.4) is 0 Å². The summed E-state index contributed by atoms with van der Waals surface area (Å²) in [5.41, 5.74) is -1.15. The summed E-state index contributed by atoms with van der Waals surface area (Å²) in [6.07, 6.45) is -27.9. The Kier molecular flexibility index (Phi) is 31.5. The van der Waals surface area contributed by atoms with Crippen LogP contribution >= 0.6 is 0 Å². The van der Waals surface area contributed by atoms with Crippen LogP contribution in [0.15, 0.2) is 486 Å². The maximum absolute atomic E-state index is 13.1. The zero-order valence-corrected chi connectivity index (χ0v) is 68.6. The molecule has 0 spiro atoms. The van der Waals surface area contributed by atoms with Gasteiger partial charge in [-0.25, -0.2) is 0 Å². The molecule has 122 heavy (non-hydrogen) atoms. The van der Waals surface area contributed by atoms with E-state index in [0.29, 0.717) is 30.7 Å². The summed E-state index contributed by atoms with van der Waals surface area (Å²) in [6.45, 7) is 2.02.